The van der Waals surface area contributed by atoms with Crippen LogP contribution in [0.1, 0.15) is 51.9 Å². The molecule has 1 saturated carbocycles. The zero-order chi connectivity index (χ0) is 16.7. The molecule has 1 aliphatic heterocycles. The van der Waals surface area contributed by atoms with Crippen LogP contribution in [0.15, 0.2) is 0 Å². The van der Waals surface area contributed by atoms with Crippen molar-refractivity contribution in [2.45, 2.75) is 57.2 Å². The lowest BCUT2D eigenvalue weighted by Crippen LogP contribution is -2.44. The van der Waals surface area contributed by atoms with Gasteiger partial charge in [-0.15, -0.1) is 11.8 Å². The maximum absolute atomic E-state index is 12.2. The van der Waals surface area contributed by atoms with Crippen molar-refractivity contribution in [3.8, 4) is 0 Å². The van der Waals surface area contributed by atoms with E-state index < -0.39 is 6.09 Å². The van der Waals surface area contributed by atoms with Crippen molar-refractivity contribution in [3.05, 3.63) is 0 Å². The number of amides is 3. The van der Waals surface area contributed by atoms with Crippen LogP contribution in [0.5, 0.6) is 0 Å². The van der Waals surface area contributed by atoms with Gasteiger partial charge in [0.25, 0.3) is 0 Å². The van der Waals surface area contributed by atoms with E-state index in [1.807, 2.05) is 0 Å². The van der Waals surface area contributed by atoms with Crippen LogP contribution in [0.3, 0.4) is 0 Å². The number of hydrogen-bond acceptors (Lipinski definition) is 5. The zero-order valence-electron chi connectivity index (χ0n) is 13.6. The maximum Gasteiger partial charge on any atom is 0.413 e. The fourth-order valence-corrected chi connectivity index (χ4v) is 4.58. The van der Waals surface area contributed by atoms with Crippen molar-refractivity contribution < 1.29 is 19.1 Å². The van der Waals surface area contributed by atoms with E-state index in [-0.39, 0.29) is 29.7 Å². The zero-order valence-corrected chi connectivity index (χ0v) is 14.5. The molecule has 0 aromatic carbocycles. The van der Waals surface area contributed by atoms with E-state index in [1.54, 1.807) is 18.7 Å². The molecule has 3 amide bonds. The Hall–Kier alpha value is -1.24. The number of nitrogens with one attached hydrogen (secondary N) is 2. The summed E-state index contributed by atoms with van der Waals surface area (Å²) in [5.41, 5.74) is 0. The number of imide groups is 1. The SMILES string of the molecule is CCOC(=O)NC(=O)C1CCSC1NC(=O)CC1CCCCC1. The van der Waals surface area contributed by atoms with Gasteiger partial charge < -0.3 is 10.1 Å². The lowest BCUT2D eigenvalue weighted by Gasteiger charge is -2.23. The molecule has 0 radical (unpaired) electrons. The third-order valence-corrected chi connectivity index (χ3v) is 5.71. The number of rotatable bonds is 5. The first kappa shape index (κ1) is 18.1. The predicted octanol–water partition coefficient (Wildman–Crippen LogP) is 2.42. The number of alkyl carbamates (subject to hydrolysis) is 1. The van der Waals surface area contributed by atoms with Crippen LogP contribution in [0.2, 0.25) is 0 Å². The number of carbonyl (C=O) groups excluding carboxylic acids is 3. The molecule has 130 valence electrons. The van der Waals surface area contributed by atoms with Gasteiger partial charge in [-0.05, 0) is 37.9 Å². The Morgan fingerprint density at radius 2 is 1.87 bits per heavy atom. The summed E-state index contributed by atoms with van der Waals surface area (Å²) in [6.07, 6.45) is 6.42. The summed E-state index contributed by atoms with van der Waals surface area (Å²) in [5.74, 6) is 0.554. The third kappa shape index (κ3) is 5.71. The molecule has 2 unspecified atom stereocenters. The average Bonchev–Trinajstić information content (AvgIpc) is 2.96. The standard InChI is InChI=1S/C16H26N2O4S/c1-2-22-16(21)18-14(20)12-8-9-23-15(12)17-13(19)10-11-6-4-3-5-7-11/h11-12,15H,2-10H2,1H3,(H,17,19)(H,18,20,21). The van der Waals surface area contributed by atoms with Gasteiger partial charge in [0, 0.05) is 6.42 Å². The molecule has 2 atom stereocenters. The van der Waals surface area contributed by atoms with E-state index in [0.29, 0.717) is 18.8 Å². The van der Waals surface area contributed by atoms with Crippen molar-refractivity contribution in [2.75, 3.05) is 12.4 Å². The summed E-state index contributed by atoms with van der Waals surface area (Å²) < 4.78 is 4.72. The van der Waals surface area contributed by atoms with E-state index >= 15 is 0 Å². The molecule has 1 heterocycles. The molecule has 0 aromatic heterocycles. The smallest absolute Gasteiger partial charge is 0.413 e. The second-order valence-electron chi connectivity index (χ2n) is 6.17. The fraction of sp³-hybridized carbons (Fsp3) is 0.812. The van der Waals surface area contributed by atoms with Gasteiger partial charge in [0.1, 0.15) is 0 Å². The number of carbonyl (C=O) groups is 3. The molecule has 2 fully saturated rings. The maximum atomic E-state index is 12.2. The molecule has 7 heteroatoms. The van der Waals surface area contributed by atoms with E-state index in [9.17, 15) is 14.4 Å². The van der Waals surface area contributed by atoms with E-state index in [4.69, 9.17) is 4.74 Å². The van der Waals surface area contributed by atoms with Crippen molar-refractivity contribution in [3.63, 3.8) is 0 Å². The second kappa shape index (κ2) is 9.15. The van der Waals surface area contributed by atoms with Gasteiger partial charge in [0.2, 0.25) is 11.8 Å². The number of ether oxygens (including phenoxy) is 1. The van der Waals surface area contributed by atoms with Crippen molar-refractivity contribution in [2.24, 2.45) is 11.8 Å². The summed E-state index contributed by atoms with van der Waals surface area (Å²) >= 11 is 1.56. The Kier molecular flexibility index (Phi) is 7.20. The third-order valence-electron chi connectivity index (χ3n) is 4.43. The van der Waals surface area contributed by atoms with Crippen LogP contribution in [-0.2, 0) is 14.3 Å². The normalized spacial score (nSPS) is 24.9. The van der Waals surface area contributed by atoms with Crippen molar-refractivity contribution >= 4 is 29.7 Å². The van der Waals surface area contributed by atoms with Gasteiger partial charge in [0.15, 0.2) is 0 Å². The molecule has 1 aliphatic carbocycles. The molecule has 2 rings (SSSR count). The number of hydrogen-bond donors (Lipinski definition) is 2. The Morgan fingerprint density at radius 3 is 2.57 bits per heavy atom. The lowest BCUT2D eigenvalue weighted by atomic mass is 9.87. The highest BCUT2D eigenvalue weighted by atomic mass is 32.2. The highest BCUT2D eigenvalue weighted by molar-refractivity contribution is 8.00. The molecule has 1 saturated heterocycles. The first-order valence-electron chi connectivity index (χ1n) is 8.48. The first-order valence-corrected chi connectivity index (χ1v) is 9.53. The fourth-order valence-electron chi connectivity index (χ4n) is 3.23. The van der Waals surface area contributed by atoms with Crippen molar-refractivity contribution in [1.29, 1.82) is 0 Å². The minimum Gasteiger partial charge on any atom is -0.450 e. The summed E-state index contributed by atoms with van der Waals surface area (Å²) in [6, 6.07) is 0. The van der Waals surface area contributed by atoms with Crippen LogP contribution in [0, 0.1) is 11.8 Å². The summed E-state index contributed by atoms with van der Waals surface area (Å²) in [4.78, 5) is 35.7. The van der Waals surface area contributed by atoms with Crippen LogP contribution < -0.4 is 10.6 Å². The molecular formula is C16H26N2O4S. The molecule has 6 nitrogen and oxygen atoms in total. The highest BCUT2D eigenvalue weighted by Gasteiger charge is 2.35. The molecule has 0 aromatic rings. The highest BCUT2D eigenvalue weighted by Crippen LogP contribution is 2.31. The van der Waals surface area contributed by atoms with Crippen LogP contribution in [0.25, 0.3) is 0 Å². The minimum atomic E-state index is -0.721. The monoisotopic (exact) mass is 342 g/mol. The summed E-state index contributed by atoms with van der Waals surface area (Å²) in [7, 11) is 0. The average molecular weight is 342 g/mol. The molecule has 0 spiro atoms. The summed E-state index contributed by atoms with van der Waals surface area (Å²) in [6.45, 7) is 1.91. The topological polar surface area (TPSA) is 84.5 Å². The van der Waals surface area contributed by atoms with Crippen LogP contribution in [0.4, 0.5) is 4.79 Å². The Morgan fingerprint density at radius 1 is 1.13 bits per heavy atom. The van der Waals surface area contributed by atoms with Crippen LogP contribution in [-0.4, -0.2) is 35.6 Å². The quantitative estimate of drug-likeness (QED) is 0.801. The molecular weight excluding hydrogens is 316 g/mol. The van der Waals surface area contributed by atoms with Gasteiger partial charge in [0.05, 0.1) is 17.9 Å². The van der Waals surface area contributed by atoms with E-state index in [2.05, 4.69) is 10.6 Å². The molecule has 0 bridgehead atoms. The summed E-state index contributed by atoms with van der Waals surface area (Å²) in [5, 5.41) is 4.97. The predicted molar refractivity (Wildman–Crippen MR) is 88.9 cm³/mol. The molecule has 2 N–H and O–H groups in total. The Balaban J connectivity index is 1.79. The molecule has 23 heavy (non-hydrogen) atoms. The Labute approximate surface area is 141 Å². The largest absolute Gasteiger partial charge is 0.450 e. The first-order chi connectivity index (χ1) is 11.1. The van der Waals surface area contributed by atoms with E-state index in [1.165, 1.54) is 19.3 Å². The number of thioether (sulfide) groups is 1. The lowest BCUT2D eigenvalue weighted by molar-refractivity contribution is -0.125. The van der Waals surface area contributed by atoms with Gasteiger partial charge in [-0.3, -0.25) is 14.9 Å². The Bertz CT molecular complexity index is 438. The van der Waals surface area contributed by atoms with Crippen LogP contribution >= 0.6 is 11.8 Å². The van der Waals surface area contributed by atoms with Crippen molar-refractivity contribution in [1.82, 2.24) is 10.6 Å². The second-order valence-corrected chi connectivity index (χ2v) is 7.42. The van der Waals surface area contributed by atoms with Gasteiger partial charge in [-0.2, -0.15) is 0 Å². The molecule has 2 aliphatic rings. The minimum absolute atomic E-state index is 0.0187. The van der Waals surface area contributed by atoms with E-state index in [0.717, 1.165) is 18.6 Å². The van der Waals surface area contributed by atoms with Gasteiger partial charge in [-0.25, -0.2) is 4.79 Å². The van der Waals surface area contributed by atoms with Gasteiger partial charge in [-0.1, -0.05) is 19.3 Å². The van der Waals surface area contributed by atoms with Gasteiger partial charge >= 0.3 is 6.09 Å².